The average Bonchev–Trinajstić information content (AvgIpc) is 3.10. The first-order valence-electron chi connectivity index (χ1n) is 9.43. The third-order valence-corrected chi connectivity index (χ3v) is 5.73. The summed E-state index contributed by atoms with van der Waals surface area (Å²) in [4.78, 5) is 5.24. The predicted octanol–water partition coefficient (Wildman–Crippen LogP) is 2.81. The molecule has 1 saturated carbocycles. The van der Waals surface area contributed by atoms with E-state index in [0.717, 1.165) is 44.4 Å². The molecular formula is C20H32N2O2. The van der Waals surface area contributed by atoms with Crippen LogP contribution < -0.4 is 4.74 Å². The predicted molar refractivity (Wildman–Crippen MR) is 97.5 cm³/mol. The number of nitrogens with zero attached hydrogens (tertiary/aromatic N) is 2. The van der Waals surface area contributed by atoms with Gasteiger partial charge in [-0.05, 0) is 43.4 Å². The zero-order chi connectivity index (χ0) is 16.9. The Bertz CT molecular complexity index is 528. The summed E-state index contributed by atoms with van der Waals surface area (Å²) in [6.07, 6.45) is 6.34. The van der Waals surface area contributed by atoms with Gasteiger partial charge >= 0.3 is 0 Å². The number of methoxy groups -OCH3 is 1. The summed E-state index contributed by atoms with van der Waals surface area (Å²) in [5, 5.41) is 9.49. The number of piperazine rings is 1. The second-order valence-corrected chi connectivity index (χ2v) is 7.38. The van der Waals surface area contributed by atoms with Crippen molar-refractivity contribution >= 4 is 0 Å². The first kappa shape index (κ1) is 17.7. The number of aliphatic hydroxyl groups excluding tert-OH is 1. The molecule has 2 fully saturated rings. The van der Waals surface area contributed by atoms with Crippen LogP contribution in [0.15, 0.2) is 18.2 Å². The van der Waals surface area contributed by atoms with Gasteiger partial charge < -0.3 is 9.84 Å². The van der Waals surface area contributed by atoms with Crippen LogP contribution in [0.1, 0.15) is 43.2 Å². The summed E-state index contributed by atoms with van der Waals surface area (Å²) in [7, 11) is 1.73. The second kappa shape index (κ2) is 8.32. The summed E-state index contributed by atoms with van der Waals surface area (Å²) in [5.41, 5.74) is 2.55. The lowest BCUT2D eigenvalue weighted by Crippen LogP contribution is -2.56. The van der Waals surface area contributed by atoms with Crippen molar-refractivity contribution in [3.8, 4) is 5.75 Å². The summed E-state index contributed by atoms with van der Waals surface area (Å²) < 4.78 is 5.36. The molecule has 0 spiro atoms. The van der Waals surface area contributed by atoms with E-state index >= 15 is 0 Å². The Morgan fingerprint density at radius 2 is 2.00 bits per heavy atom. The van der Waals surface area contributed by atoms with Crippen LogP contribution in [0.25, 0.3) is 0 Å². The number of rotatable bonds is 6. The Balaban J connectivity index is 1.62. The Kier molecular flexibility index (Phi) is 6.14. The molecule has 0 amide bonds. The Labute approximate surface area is 146 Å². The highest BCUT2D eigenvalue weighted by Gasteiger charge is 2.32. The van der Waals surface area contributed by atoms with Crippen molar-refractivity contribution in [2.24, 2.45) is 0 Å². The van der Waals surface area contributed by atoms with E-state index in [9.17, 15) is 5.11 Å². The third kappa shape index (κ3) is 4.11. The summed E-state index contributed by atoms with van der Waals surface area (Å²) in [6, 6.07) is 7.75. The number of hydrogen-bond acceptors (Lipinski definition) is 4. The molecular weight excluding hydrogens is 300 g/mol. The van der Waals surface area contributed by atoms with Crippen LogP contribution in [0, 0.1) is 6.92 Å². The van der Waals surface area contributed by atoms with Crippen LogP contribution >= 0.6 is 0 Å². The van der Waals surface area contributed by atoms with E-state index in [2.05, 4.69) is 34.9 Å². The average molecular weight is 332 g/mol. The van der Waals surface area contributed by atoms with Crippen molar-refractivity contribution in [2.45, 2.75) is 57.7 Å². The van der Waals surface area contributed by atoms with Gasteiger partial charge in [0.05, 0.1) is 7.11 Å². The number of hydrogen-bond donors (Lipinski definition) is 1. The zero-order valence-electron chi connectivity index (χ0n) is 15.2. The van der Waals surface area contributed by atoms with E-state index in [-0.39, 0.29) is 0 Å². The van der Waals surface area contributed by atoms with Gasteiger partial charge in [-0.2, -0.15) is 0 Å². The van der Waals surface area contributed by atoms with E-state index in [4.69, 9.17) is 4.74 Å². The number of ether oxygens (including phenoxy) is 1. The van der Waals surface area contributed by atoms with E-state index in [1.807, 2.05) is 0 Å². The fraction of sp³-hybridized carbons (Fsp3) is 0.700. The molecule has 134 valence electrons. The van der Waals surface area contributed by atoms with Crippen LogP contribution in [0.2, 0.25) is 0 Å². The molecule has 4 nitrogen and oxygen atoms in total. The molecule has 1 N–H and O–H groups in total. The van der Waals surface area contributed by atoms with Crippen molar-refractivity contribution in [3.63, 3.8) is 0 Å². The quantitative estimate of drug-likeness (QED) is 0.869. The molecule has 0 bridgehead atoms. The fourth-order valence-corrected chi connectivity index (χ4v) is 4.50. The standard InChI is InChI=1S/C20H32N2O2/c1-16-13-17(7-8-20(16)24-2)14-21-10-11-22(18-5-3-4-6-18)19(15-21)9-12-23/h7-8,13,18-19,23H,3-6,9-12,14-15H2,1-2H3. The first-order valence-corrected chi connectivity index (χ1v) is 9.43. The van der Waals surface area contributed by atoms with Crippen LogP contribution in [-0.4, -0.2) is 60.3 Å². The topological polar surface area (TPSA) is 35.9 Å². The maximum absolute atomic E-state index is 9.49. The van der Waals surface area contributed by atoms with E-state index in [1.54, 1.807) is 7.11 Å². The van der Waals surface area contributed by atoms with Crippen molar-refractivity contribution in [1.82, 2.24) is 9.80 Å². The molecule has 1 heterocycles. The molecule has 2 aliphatic rings. The highest BCUT2D eigenvalue weighted by molar-refractivity contribution is 5.36. The lowest BCUT2D eigenvalue weighted by atomic mass is 10.0. The Morgan fingerprint density at radius 3 is 2.67 bits per heavy atom. The van der Waals surface area contributed by atoms with Gasteiger partial charge in [0.2, 0.25) is 0 Å². The SMILES string of the molecule is COc1ccc(CN2CCN(C3CCCC3)C(CCO)C2)cc1C. The molecule has 4 heteroatoms. The molecule has 0 radical (unpaired) electrons. The molecule has 1 aromatic carbocycles. The highest BCUT2D eigenvalue weighted by atomic mass is 16.5. The maximum atomic E-state index is 9.49. The zero-order valence-corrected chi connectivity index (χ0v) is 15.2. The van der Waals surface area contributed by atoms with E-state index < -0.39 is 0 Å². The van der Waals surface area contributed by atoms with Crippen LogP contribution in [0.5, 0.6) is 5.75 Å². The van der Waals surface area contributed by atoms with Gasteiger partial charge in [-0.3, -0.25) is 9.80 Å². The van der Waals surface area contributed by atoms with Crippen LogP contribution in [-0.2, 0) is 6.54 Å². The highest BCUT2D eigenvalue weighted by Crippen LogP contribution is 2.28. The first-order chi connectivity index (χ1) is 11.7. The van der Waals surface area contributed by atoms with Gasteiger partial charge in [0.25, 0.3) is 0 Å². The van der Waals surface area contributed by atoms with E-state index in [0.29, 0.717) is 12.6 Å². The molecule has 3 rings (SSSR count). The largest absolute Gasteiger partial charge is 0.496 e. The summed E-state index contributed by atoms with van der Waals surface area (Å²) >= 11 is 0. The lowest BCUT2D eigenvalue weighted by Gasteiger charge is -2.44. The molecule has 1 unspecified atom stereocenters. The third-order valence-electron chi connectivity index (χ3n) is 5.73. The van der Waals surface area contributed by atoms with Gasteiger partial charge in [0, 0.05) is 44.9 Å². The Hall–Kier alpha value is -1.10. The minimum Gasteiger partial charge on any atom is -0.496 e. The second-order valence-electron chi connectivity index (χ2n) is 7.38. The molecule has 24 heavy (non-hydrogen) atoms. The summed E-state index contributed by atoms with van der Waals surface area (Å²) in [5.74, 6) is 0.961. The molecule has 1 aliphatic heterocycles. The normalized spacial score (nSPS) is 23.7. The monoisotopic (exact) mass is 332 g/mol. The fourth-order valence-electron chi connectivity index (χ4n) is 4.50. The van der Waals surface area contributed by atoms with Crippen molar-refractivity contribution in [2.75, 3.05) is 33.4 Å². The van der Waals surface area contributed by atoms with Crippen LogP contribution in [0.4, 0.5) is 0 Å². The molecule has 0 aromatic heterocycles. The van der Waals surface area contributed by atoms with Gasteiger partial charge in [-0.25, -0.2) is 0 Å². The van der Waals surface area contributed by atoms with Gasteiger partial charge in [0.15, 0.2) is 0 Å². The smallest absolute Gasteiger partial charge is 0.121 e. The van der Waals surface area contributed by atoms with E-state index in [1.165, 1.54) is 36.8 Å². The lowest BCUT2D eigenvalue weighted by molar-refractivity contribution is 0.0267. The molecule has 1 saturated heterocycles. The van der Waals surface area contributed by atoms with Gasteiger partial charge in [-0.1, -0.05) is 25.0 Å². The number of benzene rings is 1. The van der Waals surface area contributed by atoms with Crippen molar-refractivity contribution in [3.05, 3.63) is 29.3 Å². The van der Waals surface area contributed by atoms with Crippen molar-refractivity contribution < 1.29 is 9.84 Å². The summed E-state index contributed by atoms with van der Waals surface area (Å²) in [6.45, 7) is 6.74. The van der Waals surface area contributed by atoms with Gasteiger partial charge in [-0.15, -0.1) is 0 Å². The maximum Gasteiger partial charge on any atom is 0.121 e. The number of aryl methyl sites for hydroxylation is 1. The Morgan fingerprint density at radius 1 is 1.21 bits per heavy atom. The van der Waals surface area contributed by atoms with Crippen molar-refractivity contribution in [1.29, 1.82) is 0 Å². The minimum absolute atomic E-state index is 0.295. The molecule has 1 aromatic rings. The molecule has 1 aliphatic carbocycles. The minimum atomic E-state index is 0.295. The van der Waals surface area contributed by atoms with Gasteiger partial charge in [0.1, 0.15) is 5.75 Å². The molecule has 1 atom stereocenters. The number of aliphatic hydroxyl groups is 1. The van der Waals surface area contributed by atoms with Crippen LogP contribution in [0.3, 0.4) is 0 Å².